The van der Waals surface area contributed by atoms with E-state index in [1.165, 1.54) is 18.3 Å². The van der Waals surface area contributed by atoms with E-state index in [1.54, 1.807) is 12.1 Å². The fourth-order valence-electron chi connectivity index (χ4n) is 2.73. The summed E-state index contributed by atoms with van der Waals surface area (Å²) in [6, 6.07) is 5.99. The summed E-state index contributed by atoms with van der Waals surface area (Å²) in [7, 11) is 0. The lowest BCUT2D eigenvalue weighted by atomic mass is 9.91. The number of hydrogen-bond acceptors (Lipinski definition) is 4. The molecule has 0 aliphatic heterocycles. The molecule has 1 aromatic heterocycles. The number of carbonyl (C=O) groups is 2. The first-order valence-corrected chi connectivity index (χ1v) is 7.55. The summed E-state index contributed by atoms with van der Waals surface area (Å²) in [5, 5.41) is 11.6. The van der Waals surface area contributed by atoms with Crippen LogP contribution in [0.2, 0.25) is 0 Å². The van der Waals surface area contributed by atoms with Gasteiger partial charge in [-0.1, -0.05) is 6.92 Å². The number of nitrogens with one attached hydrogen (secondary N) is 1. The largest absolute Gasteiger partial charge is 0.478 e. The van der Waals surface area contributed by atoms with Crippen LogP contribution < -0.4 is 5.32 Å². The first-order valence-electron chi connectivity index (χ1n) is 7.55. The number of aromatic nitrogens is 2. The van der Waals surface area contributed by atoms with Gasteiger partial charge in [-0.15, -0.1) is 0 Å². The van der Waals surface area contributed by atoms with Crippen molar-refractivity contribution in [3.05, 3.63) is 53.1 Å². The predicted octanol–water partition coefficient (Wildman–Crippen LogP) is 2.87. The minimum absolute atomic E-state index is 0.172. The summed E-state index contributed by atoms with van der Waals surface area (Å²) >= 11 is 0. The Morgan fingerprint density at radius 3 is 2.70 bits per heavy atom. The van der Waals surface area contributed by atoms with Crippen molar-refractivity contribution in [1.82, 2.24) is 9.97 Å². The molecule has 1 unspecified atom stereocenters. The van der Waals surface area contributed by atoms with Crippen molar-refractivity contribution >= 4 is 17.6 Å². The molecule has 1 heterocycles. The van der Waals surface area contributed by atoms with E-state index in [0.29, 0.717) is 11.6 Å². The molecule has 6 heteroatoms. The highest BCUT2D eigenvalue weighted by molar-refractivity contribution is 6.03. The minimum atomic E-state index is -1.00. The number of aryl methyl sites for hydroxylation is 1. The Bertz CT molecular complexity index is 756. The van der Waals surface area contributed by atoms with Crippen molar-refractivity contribution < 1.29 is 14.7 Å². The van der Waals surface area contributed by atoms with Crippen LogP contribution in [0.5, 0.6) is 0 Å². The first kappa shape index (κ1) is 15.1. The Kier molecular flexibility index (Phi) is 4.06. The number of hydrogen-bond donors (Lipinski definition) is 2. The molecule has 0 radical (unpaired) electrons. The third-order valence-electron chi connectivity index (χ3n) is 4.02. The number of fused-ring (bicyclic) bond motifs is 1. The van der Waals surface area contributed by atoms with Crippen LogP contribution in [0.25, 0.3) is 0 Å². The number of aromatic carboxylic acids is 1. The number of carboxylic acid groups (broad SMARTS) is 1. The van der Waals surface area contributed by atoms with Gasteiger partial charge < -0.3 is 10.4 Å². The predicted molar refractivity (Wildman–Crippen MR) is 84.7 cm³/mol. The summed E-state index contributed by atoms with van der Waals surface area (Å²) in [6.07, 6.45) is 4.57. The Hall–Kier alpha value is -2.76. The van der Waals surface area contributed by atoms with Crippen molar-refractivity contribution in [2.45, 2.75) is 32.1 Å². The van der Waals surface area contributed by atoms with E-state index in [9.17, 15) is 9.59 Å². The van der Waals surface area contributed by atoms with Gasteiger partial charge in [0.25, 0.3) is 5.91 Å². The van der Waals surface area contributed by atoms with E-state index in [1.807, 2.05) is 0 Å². The fraction of sp³-hybridized carbons (Fsp3) is 0.294. The zero-order chi connectivity index (χ0) is 16.4. The second-order valence-electron chi connectivity index (χ2n) is 5.72. The molecule has 1 amide bonds. The molecule has 0 fully saturated rings. The summed E-state index contributed by atoms with van der Waals surface area (Å²) in [4.78, 5) is 31.9. The molecule has 0 spiro atoms. The van der Waals surface area contributed by atoms with Gasteiger partial charge in [0, 0.05) is 11.6 Å². The summed E-state index contributed by atoms with van der Waals surface area (Å²) < 4.78 is 0. The van der Waals surface area contributed by atoms with Gasteiger partial charge in [-0.3, -0.25) is 9.78 Å². The van der Waals surface area contributed by atoms with Crippen LogP contribution in [0.1, 0.15) is 57.9 Å². The maximum atomic E-state index is 12.3. The van der Waals surface area contributed by atoms with Crippen LogP contribution in [0.4, 0.5) is 5.69 Å². The molecule has 0 saturated heterocycles. The average molecular weight is 311 g/mol. The van der Waals surface area contributed by atoms with E-state index in [2.05, 4.69) is 22.2 Å². The van der Waals surface area contributed by atoms with Gasteiger partial charge in [-0.2, -0.15) is 0 Å². The molecular formula is C17H17N3O3. The lowest BCUT2D eigenvalue weighted by Gasteiger charge is -2.20. The van der Waals surface area contributed by atoms with Gasteiger partial charge >= 0.3 is 5.97 Å². The average Bonchev–Trinajstić information content (AvgIpc) is 2.55. The van der Waals surface area contributed by atoms with Crippen molar-refractivity contribution in [2.24, 2.45) is 0 Å². The monoisotopic (exact) mass is 311 g/mol. The van der Waals surface area contributed by atoms with Gasteiger partial charge in [0.15, 0.2) is 0 Å². The standard InChI is InChI=1S/C17H17N3O3/c1-10-3-2-4-13-15(10)20-14(9-18-13)16(21)19-12-7-5-11(6-8-12)17(22)23/h5-10H,2-4H2,1H3,(H,19,21)(H,22,23). The van der Waals surface area contributed by atoms with E-state index < -0.39 is 5.97 Å². The van der Waals surface area contributed by atoms with Crippen molar-refractivity contribution in [3.63, 3.8) is 0 Å². The zero-order valence-corrected chi connectivity index (χ0v) is 12.7. The van der Waals surface area contributed by atoms with Crippen molar-refractivity contribution in [3.8, 4) is 0 Å². The van der Waals surface area contributed by atoms with Gasteiger partial charge in [-0.05, 0) is 43.5 Å². The number of anilines is 1. The van der Waals surface area contributed by atoms with E-state index in [-0.39, 0.29) is 17.2 Å². The molecule has 6 nitrogen and oxygen atoms in total. The highest BCUT2D eigenvalue weighted by Gasteiger charge is 2.21. The molecule has 2 aromatic rings. The molecule has 118 valence electrons. The number of benzene rings is 1. The number of carboxylic acids is 1. The van der Waals surface area contributed by atoms with E-state index >= 15 is 0 Å². The van der Waals surface area contributed by atoms with Crippen LogP contribution in [0.3, 0.4) is 0 Å². The first-order chi connectivity index (χ1) is 11.0. The molecule has 1 aromatic carbocycles. The number of nitrogens with zero attached hydrogens (tertiary/aromatic N) is 2. The lowest BCUT2D eigenvalue weighted by molar-refractivity contribution is 0.0696. The molecule has 23 heavy (non-hydrogen) atoms. The van der Waals surface area contributed by atoms with Crippen molar-refractivity contribution in [1.29, 1.82) is 0 Å². The molecule has 1 aliphatic carbocycles. The van der Waals surface area contributed by atoms with Crippen LogP contribution in [-0.2, 0) is 6.42 Å². The summed E-state index contributed by atoms with van der Waals surface area (Å²) in [6.45, 7) is 2.10. The van der Waals surface area contributed by atoms with Crippen LogP contribution in [-0.4, -0.2) is 27.0 Å². The molecule has 1 aliphatic rings. The Morgan fingerprint density at radius 2 is 2.00 bits per heavy atom. The number of rotatable bonds is 3. The van der Waals surface area contributed by atoms with Gasteiger partial charge in [-0.25, -0.2) is 9.78 Å². The summed E-state index contributed by atoms with van der Waals surface area (Å²) in [5.41, 5.74) is 2.86. The zero-order valence-electron chi connectivity index (χ0n) is 12.7. The molecule has 1 atom stereocenters. The SMILES string of the molecule is CC1CCCc2ncc(C(=O)Nc3ccc(C(=O)O)cc3)nc21. The van der Waals surface area contributed by atoms with Gasteiger partial charge in [0.1, 0.15) is 5.69 Å². The highest BCUT2D eigenvalue weighted by atomic mass is 16.4. The molecule has 0 bridgehead atoms. The van der Waals surface area contributed by atoms with Crippen LogP contribution in [0, 0.1) is 0 Å². The maximum Gasteiger partial charge on any atom is 0.335 e. The normalized spacial score (nSPS) is 16.5. The summed E-state index contributed by atoms with van der Waals surface area (Å²) in [5.74, 6) is -1.03. The second-order valence-corrected chi connectivity index (χ2v) is 5.72. The van der Waals surface area contributed by atoms with Gasteiger partial charge in [0.2, 0.25) is 0 Å². The molecule has 0 saturated carbocycles. The smallest absolute Gasteiger partial charge is 0.335 e. The quantitative estimate of drug-likeness (QED) is 0.909. The number of amides is 1. The Balaban J connectivity index is 1.78. The lowest BCUT2D eigenvalue weighted by Crippen LogP contribution is -2.19. The number of carbonyl (C=O) groups excluding carboxylic acids is 1. The topological polar surface area (TPSA) is 92.2 Å². The fourth-order valence-corrected chi connectivity index (χ4v) is 2.73. The Labute approximate surface area is 133 Å². The third-order valence-corrected chi connectivity index (χ3v) is 4.02. The van der Waals surface area contributed by atoms with Crippen LogP contribution in [0.15, 0.2) is 30.5 Å². The molecule has 3 rings (SSSR count). The highest BCUT2D eigenvalue weighted by Crippen LogP contribution is 2.28. The second kappa shape index (κ2) is 6.16. The minimum Gasteiger partial charge on any atom is -0.478 e. The third kappa shape index (κ3) is 3.21. The Morgan fingerprint density at radius 1 is 1.26 bits per heavy atom. The maximum absolute atomic E-state index is 12.3. The van der Waals surface area contributed by atoms with E-state index in [0.717, 1.165) is 30.7 Å². The molecule has 2 N–H and O–H groups in total. The van der Waals surface area contributed by atoms with Gasteiger partial charge in [0.05, 0.1) is 23.1 Å². The van der Waals surface area contributed by atoms with Crippen molar-refractivity contribution in [2.75, 3.05) is 5.32 Å². The molecular weight excluding hydrogens is 294 g/mol. The van der Waals surface area contributed by atoms with E-state index in [4.69, 9.17) is 5.11 Å². The van der Waals surface area contributed by atoms with Crippen LogP contribution >= 0.6 is 0 Å².